The second-order valence-corrected chi connectivity index (χ2v) is 7.26. The summed E-state index contributed by atoms with van der Waals surface area (Å²) in [5.41, 5.74) is 4.28. The molecule has 1 aromatic carbocycles. The second-order valence-electron chi connectivity index (χ2n) is 6.37. The molecule has 1 saturated carbocycles. The first-order chi connectivity index (χ1) is 12.2. The van der Waals surface area contributed by atoms with Gasteiger partial charge in [0, 0.05) is 7.11 Å². The highest BCUT2D eigenvalue weighted by Crippen LogP contribution is 2.24. The van der Waals surface area contributed by atoms with Gasteiger partial charge in [-0.15, -0.1) is 11.3 Å². The Morgan fingerprint density at radius 1 is 1.36 bits per heavy atom. The molecule has 25 heavy (non-hydrogen) atoms. The maximum absolute atomic E-state index is 12.2. The number of carbonyl (C=O) groups excluding carboxylic acids is 1. The van der Waals surface area contributed by atoms with Crippen LogP contribution in [0.25, 0.3) is 16.3 Å². The van der Waals surface area contributed by atoms with Crippen molar-refractivity contribution in [3.8, 4) is 0 Å². The van der Waals surface area contributed by atoms with Crippen molar-refractivity contribution in [1.29, 1.82) is 0 Å². The zero-order valence-corrected chi connectivity index (χ0v) is 14.8. The van der Waals surface area contributed by atoms with Gasteiger partial charge in [-0.1, -0.05) is 6.07 Å². The summed E-state index contributed by atoms with van der Waals surface area (Å²) in [6, 6.07) is 6.15. The summed E-state index contributed by atoms with van der Waals surface area (Å²) in [5.74, 6) is 0.388. The number of nitrogens with one attached hydrogen (secondary N) is 2. The molecule has 2 atom stereocenters. The fourth-order valence-corrected chi connectivity index (χ4v) is 4.04. The number of fused-ring (bicyclic) bond motifs is 1. The van der Waals surface area contributed by atoms with Crippen LogP contribution in [0.2, 0.25) is 0 Å². The molecule has 6 nitrogen and oxygen atoms in total. The van der Waals surface area contributed by atoms with Crippen molar-refractivity contribution < 1.29 is 9.53 Å². The number of aromatic nitrogens is 1. The van der Waals surface area contributed by atoms with Crippen LogP contribution in [-0.2, 0) is 9.53 Å². The monoisotopic (exact) mass is 356 g/mol. The number of aliphatic imine (C=N–C) groups is 1. The Balaban J connectivity index is 1.50. The summed E-state index contributed by atoms with van der Waals surface area (Å²) >= 11 is 1.59. The minimum Gasteiger partial charge on any atom is -0.381 e. The summed E-state index contributed by atoms with van der Waals surface area (Å²) in [4.78, 5) is 21.1. The Labute approximate surface area is 150 Å². The zero-order chi connectivity index (χ0) is 17.2. The number of amides is 1. The van der Waals surface area contributed by atoms with E-state index in [2.05, 4.69) is 20.6 Å². The van der Waals surface area contributed by atoms with Crippen molar-refractivity contribution in [2.75, 3.05) is 7.11 Å². The third-order valence-electron chi connectivity index (χ3n) is 4.64. The topological polar surface area (TPSA) is 75.6 Å². The van der Waals surface area contributed by atoms with Crippen molar-refractivity contribution in [3.63, 3.8) is 0 Å². The number of hydrogen-bond acceptors (Lipinski definition) is 5. The van der Waals surface area contributed by atoms with E-state index in [0.717, 1.165) is 41.5 Å². The molecule has 1 saturated heterocycles. The van der Waals surface area contributed by atoms with Gasteiger partial charge >= 0.3 is 0 Å². The normalized spacial score (nSPS) is 27.0. The van der Waals surface area contributed by atoms with Gasteiger partial charge in [0.1, 0.15) is 5.70 Å². The molecule has 2 heterocycles. The molecule has 1 aliphatic heterocycles. The van der Waals surface area contributed by atoms with Crippen molar-refractivity contribution in [2.45, 2.75) is 37.8 Å². The number of carbonyl (C=O) groups is 1. The minimum absolute atomic E-state index is 0.151. The van der Waals surface area contributed by atoms with Crippen molar-refractivity contribution in [3.05, 3.63) is 35.0 Å². The van der Waals surface area contributed by atoms with Gasteiger partial charge in [-0.2, -0.15) is 0 Å². The lowest BCUT2D eigenvalue weighted by Gasteiger charge is -2.25. The van der Waals surface area contributed by atoms with Gasteiger partial charge in [0.2, 0.25) is 5.96 Å². The van der Waals surface area contributed by atoms with Gasteiger partial charge in [0.15, 0.2) is 0 Å². The van der Waals surface area contributed by atoms with E-state index >= 15 is 0 Å². The van der Waals surface area contributed by atoms with Crippen LogP contribution in [0.4, 0.5) is 0 Å². The van der Waals surface area contributed by atoms with E-state index in [1.807, 2.05) is 29.8 Å². The van der Waals surface area contributed by atoms with Gasteiger partial charge in [0.25, 0.3) is 5.91 Å². The van der Waals surface area contributed by atoms with E-state index in [1.165, 1.54) is 0 Å². The molecule has 7 heteroatoms. The van der Waals surface area contributed by atoms with E-state index < -0.39 is 0 Å². The van der Waals surface area contributed by atoms with Crippen LogP contribution in [0.5, 0.6) is 0 Å². The third kappa shape index (κ3) is 3.57. The maximum atomic E-state index is 12.2. The maximum Gasteiger partial charge on any atom is 0.274 e. The van der Waals surface area contributed by atoms with Crippen LogP contribution in [0.15, 0.2) is 34.4 Å². The lowest BCUT2D eigenvalue weighted by molar-refractivity contribution is -0.115. The van der Waals surface area contributed by atoms with Crippen molar-refractivity contribution in [1.82, 2.24) is 15.6 Å². The Morgan fingerprint density at radius 2 is 2.28 bits per heavy atom. The quantitative estimate of drug-likeness (QED) is 0.829. The third-order valence-corrected chi connectivity index (χ3v) is 5.43. The van der Waals surface area contributed by atoms with E-state index in [-0.39, 0.29) is 18.1 Å². The molecule has 2 aromatic rings. The molecule has 0 radical (unpaired) electrons. The molecule has 2 N–H and O–H groups in total. The Bertz CT molecular complexity index is 858. The van der Waals surface area contributed by atoms with Gasteiger partial charge in [0.05, 0.1) is 27.9 Å². The molecule has 2 aliphatic rings. The van der Waals surface area contributed by atoms with E-state index in [4.69, 9.17) is 4.74 Å². The first-order valence-electron chi connectivity index (χ1n) is 8.45. The van der Waals surface area contributed by atoms with Gasteiger partial charge in [-0.3, -0.25) is 10.1 Å². The molecule has 1 aromatic heterocycles. The standard InChI is InChI=1S/C18H20N4O2S/c1-24-13-4-2-3-12(9-13)20-18-21-15(17(23)22-18)7-11-5-6-14-16(8-11)25-10-19-14/h5-8,10,12-13H,2-4,9H2,1H3,(H2,20,21,22,23)/b15-7-/t12-,13-/m1/s1. The molecule has 0 unspecified atom stereocenters. The lowest BCUT2D eigenvalue weighted by Crippen LogP contribution is -2.30. The fraction of sp³-hybridized carbons (Fsp3) is 0.389. The highest BCUT2D eigenvalue weighted by Gasteiger charge is 2.26. The van der Waals surface area contributed by atoms with Crippen LogP contribution in [0.1, 0.15) is 31.2 Å². The predicted molar refractivity (Wildman–Crippen MR) is 99.4 cm³/mol. The predicted octanol–water partition coefficient (Wildman–Crippen LogP) is 2.67. The molecular weight excluding hydrogens is 336 g/mol. The van der Waals surface area contributed by atoms with Crippen LogP contribution in [0.3, 0.4) is 0 Å². The highest BCUT2D eigenvalue weighted by atomic mass is 32.1. The number of guanidine groups is 1. The van der Waals surface area contributed by atoms with E-state index in [9.17, 15) is 4.79 Å². The van der Waals surface area contributed by atoms with E-state index in [1.54, 1.807) is 18.4 Å². The van der Waals surface area contributed by atoms with E-state index in [0.29, 0.717) is 11.7 Å². The van der Waals surface area contributed by atoms with Gasteiger partial charge in [-0.05, 0) is 49.5 Å². The Morgan fingerprint density at radius 3 is 3.16 bits per heavy atom. The summed E-state index contributed by atoms with van der Waals surface area (Å²) < 4.78 is 6.55. The second kappa shape index (κ2) is 6.93. The van der Waals surface area contributed by atoms with Crippen LogP contribution in [-0.4, -0.2) is 36.1 Å². The average molecular weight is 356 g/mol. The number of nitrogens with zero attached hydrogens (tertiary/aromatic N) is 2. The molecule has 130 valence electrons. The number of ether oxygens (including phenoxy) is 1. The molecule has 1 amide bonds. The van der Waals surface area contributed by atoms with Crippen LogP contribution >= 0.6 is 11.3 Å². The summed E-state index contributed by atoms with van der Waals surface area (Å²) in [5, 5.41) is 5.93. The molecule has 0 bridgehead atoms. The van der Waals surface area contributed by atoms with Crippen molar-refractivity contribution in [2.24, 2.45) is 4.99 Å². The fourth-order valence-electron chi connectivity index (χ4n) is 3.32. The number of thiazole rings is 1. The Hall–Kier alpha value is -2.25. The number of hydrogen-bond donors (Lipinski definition) is 2. The average Bonchev–Trinajstić information content (AvgIpc) is 3.21. The summed E-state index contributed by atoms with van der Waals surface area (Å²) in [6.45, 7) is 0. The first-order valence-corrected chi connectivity index (χ1v) is 9.33. The van der Waals surface area contributed by atoms with Crippen LogP contribution in [0, 0.1) is 0 Å². The minimum atomic E-state index is -0.151. The largest absolute Gasteiger partial charge is 0.381 e. The van der Waals surface area contributed by atoms with Crippen LogP contribution < -0.4 is 10.6 Å². The number of rotatable bonds is 3. The smallest absolute Gasteiger partial charge is 0.274 e. The number of methoxy groups -OCH3 is 1. The zero-order valence-electron chi connectivity index (χ0n) is 14.0. The van der Waals surface area contributed by atoms with Gasteiger partial charge < -0.3 is 10.1 Å². The summed E-state index contributed by atoms with van der Waals surface area (Å²) in [7, 11) is 1.75. The lowest BCUT2D eigenvalue weighted by atomic mass is 9.93. The Kier molecular flexibility index (Phi) is 4.50. The highest BCUT2D eigenvalue weighted by molar-refractivity contribution is 7.16. The molecule has 4 rings (SSSR count). The molecule has 1 aliphatic carbocycles. The molecule has 2 fully saturated rings. The summed E-state index contributed by atoms with van der Waals surface area (Å²) in [6.07, 6.45) is 6.23. The first kappa shape index (κ1) is 16.2. The van der Waals surface area contributed by atoms with Gasteiger partial charge in [-0.25, -0.2) is 9.98 Å². The number of benzene rings is 1. The van der Waals surface area contributed by atoms with Crippen molar-refractivity contribution >= 4 is 39.5 Å². The molecule has 0 spiro atoms. The SMILES string of the molecule is CO[C@@H]1CCC[C@@H](N=C2NC(=O)/C(=C/c3ccc4ncsc4c3)N2)C1. The molecular formula is C18H20N4O2S.